The van der Waals surface area contributed by atoms with Gasteiger partial charge in [-0.15, -0.1) is 0 Å². The van der Waals surface area contributed by atoms with Crippen molar-refractivity contribution in [1.82, 2.24) is 0 Å². The number of benzene rings is 2. The van der Waals surface area contributed by atoms with Gasteiger partial charge in [-0.05, 0) is 77.6 Å². The summed E-state index contributed by atoms with van der Waals surface area (Å²) in [5.41, 5.74) is 2.33. The van der Waals surface area contributed by atoms with Crippen molar-refractivity contribution in [3.63, 3.8) is 0 Å². The number of esters is 2. The Labute approximate surface area is 248 Å². The van der Waals surface area contributed by atoms with Crippen LogP contribution in [0.2, 0.25) is 0 Å². The maximum atomic E-state index is 11.3. The standard InChI is InChI=1S/C35H52O6/c1-25(36)40-31(3,4)21-23-38-34(9,10)29-17-13-27(14-18-29)33(7,8)28-15-19-30(20-16-28)35(11,12)39-24-22-32(5,6)41-26(2)37/h13-20H,21-24H2,1-12H3. The molecule has 0 spiro atoms. The van der Waals surface area contributed by atoms with Gasteiger partial charge in [0.25, 0.3) is 0 Å². The van der Waals surface area contributed by atoms with Crippen LogP contribution in [0.15, 0.2) is 48.5 Å². The van der Waals surface area contributed by atoms with E-state index in [1.807, 2.05) is 27.7 Å². The Bertz CT molecular complexity index is 1060. The minimum absolute atomic E-state index is 0.199. The summed E-state index contributed by atoms with van der Waals surface area (Å²) >= 11 is 0. The average Bonchev–Trinajstić information content (AvgIpc) is 2.82. The van der Waals surface area contributed by atoms with Crippen LogP contribution < -0.4 is 0 Å². The fourth-order valence-corrected chi connectivity index (χ4v) is 4.89. The highest BCUT2D eigenvalue weighted by Gasteiger charge is 2.29. The van der Waals surface area contributed by atoms with E-state index in [2.05, 4.69) is 90.1 Å². The molecular formula is C35H52O6. The van der Waals surface area contributed by atoms with E-state index in [1.54, 1.807) is 0 Å². The first kappa shape index (κ1) is 34.5. The van der Waals surface area contributed by atoms with Gasteiger partial charge in [0.2, 0.25) is 0 Å². The number of rotatable bonds is 14. The van der Waals surface area contributed by atoms with Crippen molar-refractivity contribution < 1.29 is 28.5 Å². The highest BCUT2D eigenvalue weighted by Crippen LogP contribution is 2.35. The predicted octanol–water partition coefficient (Wildman–Crippen LogP) is 7.98. The molecule has 0 bridgehead atoms. The molecule has 0 saturated heterocycles. The van der Waals surface area contributed by atoms with Gasteiger partial charge in [-0.25, -0.2) is 0 Å². The number of hydrogen-bond donors (Lipinski definition) is 0. The molecule has 0 atom stereocenters. The van der Waals surface area contributed by atoms with Gasteiger partial charge in [0.1, 0.15) is 11.2 Å². The molecule has 0 aliphatic heterocycles. The fraction of sp³-hybridized carbons (Fsp3) is 0.600. The Morgan fingerprint density at radius 1 is 0.512 bits per heavy atom. The van der Waals surface area contributed by atoms with Gasteiger partial charge in [-0.1, -0.05) is 62.4 Å². The molecule has 0 aliphatic carbocycles. The number of carbonyl (C=O) groups excluding carboxylic acids is 2. The smallest absolute Gasteiger partial charge is 0.303 e. The minimum Gasteiger partial charge on any atom is -0.460 e. The molecule has 0 aliphatic rings. The summed E-state index contributed by atoms with van der Waals surface area (Å²) in [6.45, 7) is 24.1. The van der Waals surface area contributed by atoms with E-state index >= 15 is 0 Å². The van der Waals surface area contributed by atoms with Crippen molar-refractivity contribution in [3.05, 3.63) is 70.8 Å². The molecule has 0 unspecified atom stereocenters. The third-order valence-electron chi connectivity index (χ3n) is 7.78. The summed E-state index contributed by atoms with van der Waals surface area (Å²) < 4.78 is 23.2. The first-order chi connectivity index (χ1) is 18.7. The predicted molar refractivity (Wildman–Crippen MR) is 164 cm³/mol. The average molecular weight is 569 g/mol. The highest BCUT2D eigenvalue weighted by molar-refractivity contribution is 5.66. The second kappa shape index (κ2) is 13.1. The Kier molecular flexibility index (Phi) is 11.0. The van der Waals surface area contributed by atoms with Gasteiger partial charge in [0.15, 0.2) is 0 Å². The van der Waals surface area contributed by atoms with Gasteiger partial charge in [0, 0.05) is 32.1 Å². The molecule has 6 nitrogen and oxygen atoms in total. The number of hydrogen-bond acceptors (Lipinski definition) is 6. The van der Waals surface area contributed by atoms with E-state index in [1.165, 1.54) is 25.0 Å². The zero-order valence-electron chi connectivity index (χ0n) is 27.4. The summed E-state index contributed by atoms with van der Waals surface area (Å²) in [5, 5.41) is 0. The molecule has 0 aromatic heterocycles. The molecule has 0 saturated carbocycles. The Morgan fingerprint density at radius 2 is 0.780 bits per heavy atom. The quantitative estimate of drug-likeness (QED) is 0.215. The third kappa shape index (κ3) is 10.3. The van der Waals surface area contributed by atoms with E-state index in [4.69, 9.17) is 18.9 Å². The van der Waals surface area contributed by atoms with Crippen LogP contribution in [-0.4, -0.2) is 36.4 Å². The largest absolute Gasteiger partial charge is 0.460 e. The molecule has 2 aromatic rings. The Balaban J connectivity index is 2.06. The van der Waals surface area contributed by atoms with Gasteiger partial charge >= 0.3 is 11.9 Å². The summed E-state index contributed by atoms with van der Waals surface area (Å²) in [5.74, 6) is -0.562. The van der Waals surface area contributed by atoms with Gasteiger partial charge in [0.05, 0.1) is 24.4 Å². The van der Waals surface area contributed by atoms with Crippen molar-refractivity contribution in [3.8, 4) is 0 Å². The zero-order chi connectivity index (χ0) is 31.3. The van der Waals surface area contributed by atoms with Crippen LogP contribution in [0.4, 0.5) is 0 Å². The van der Waals surface area contributed by atoms with Crippen LogP contribution in [-0.2, 0) is 45.2 Å². The Morgan fingerprint density at radius 3 is 1.05 bits per heavy atom. The number of carbonyl (C=O) groups is 2. The van der Waals surface area contributed by atoms with Gasteiger partial charge in [-0.2, -0.15) is 0 Å². The molecule has 0 amide bonds. The lowest BCUT2D eigenvalue weighted by molar-refractivity contribution is -0.157. The molecule has 0 heterocycles. The molecule has 41 heavy (non-hydrogen) atoms. The summed E-state index contributed by atoms with van der Waals surface area (Å²) in [4.78, 5) is 22.7. The molecular weight excluding hydrogens is 516 g/mol. The monoisotopic (exact) mass is 568 g/mol. The SMILES string of the molecule is CC(=O)OC(C)(C)CCOC(C)(C)c1ccc(C(C)(C)c2ccc(C(C)(C)OCCC(C)(C)OC(C)=O)cc2)cc1. The first-order valence-electron chi connectivity index (χ1n) is 14.6. The molecule has 0 radical (unpaired) electrons. The van der Waals surface area contributed by atoms with Crippen molar-refractivity contribution >= 4 is 11.9 Å². The second-order valence-electron chi connectivity index (χ2n) is 13.7. The molecule has 2 aromatic carbocycles. The van der Waals surface area contributed by atoms with Crippen LogP contribution in [0.5, 0.6) is 0 Å². The van der Waals surface area contributed by atoms with E-state index in [9.17, 15) is 9.59 Å². The van der Waals surface area contributed by atoms with Crippen LogP contribution in [0.1, 0.15) is 118 Å². The molecule has 228 valence electrons. The molecule has 6 heteroatoms. The summed E-state index contributed by atoms with van der Waals surface area (Å²) in [6, 6.07) is 17.2. The zero-order valence-corrected chi connectivity index (χ0v) is 27.4. The van der Waals surface area contributed by atoms with Crippen molar-refractivity contribution in [2.24, 2.45) is 0 Å². The van der Waals surface area contributed by atoms with Gasteiger partial charge < -0.3 is 18.9 Å². The van der Waals surface area contributed by atoms with Crippen LogP contribution in [0.3, 0.4) is 0 Å². The topological polar surface area (TPSA) is 71.1 Å². The molecule has 2 rings (SSSR count). The lowest BCUT2D eigenvalue weighted by Gasteiger charge is -2.32. The van der Waals surface area contributed by atoms with Crippen molar-refractivity contribution in [1.29, 1.82) is 0 Å². The van der Waals surface area contributed by atoms with Crippen LogP contribution in [0, 0.1) is 0 Å². The lowest BCUT2D eigenvalue weighted by Crippen LogP contribution is -2.31. The summed E-state index contributed by atoms with van der Waals surface area (Å²) in [7, 11) is 0. The second-order valence-corrected chi connectivity index (χ2v) is 13.7. The fourth-order valence-electron chi connectivity index (χ4n) is 4.89. The Hall–Kier alpha value is -2.70. The molecule has 0 N–H and O–H groups in total. The van der Waals surface area contributed by atoms with Crippen molar-refractivity contribution in [2.45, 2.75) is 124 Å². The van der Waals surface area contributed by atoms with E-state index in [-0.39, 0.29) is 17.4 Å². The van der Waals surface area contributed by atoms with E-state index in [0.717, 1.165) is 11.1 Å². The highest BCUT2D eigenvalue weighted by atomic mass is 16.6. The lowest BCUT2D eigenvalue weighted by atomic mass is 9.77. The third-order valence-corrected chi connectivity index (χ3v) is 7.78. The van der Waals surface area contributed by atoms with E-state index < -0.39 is 22.4 Å². The molecule has 0 fully saturated rings. The maximum Gasteiger partial charge on any atom is 0.303 e. The maximum absolute atomic E-state index is 11.3. The van der Waals surface area contributed by atoms with Crippen molar-refractivity contribution in [2.75, 3.05) is 13.2 Å². The minimum atomic E-state index is -0.561. The summed E-state index contributed by atoms with van der Waals surface area (Å²) in [6.07, 6.45) is 1.23. The van der Waals surface area contributed by atoms with Gasteiger partial charge in [-0.3, -0.25) is 9.59 Å². The van der Waals surface area contributed by atoms with Crippen LogP contribution >= 0.6 is 0 Å². The first-order valence-corrected chi connectivity index (χ1v) is 14.6. The van der Waals surface area contributed by atoms with Crippen LogP contribution in [0.25, 0.3) is 0 Å². The van der Waals surface area contributed by atoms with E-state index in [0.29, 0.717) is 26.1 Å². The number of ether oxygens (including phenoxy) is 4. The normalized spacial score (nSPS) is 13.2.